The Morgan fingerprint density at radius 3 is 2.71 bits per heavy atom. The highest BCUT2D eigenvalue weighted by atomic mass is 35.5. The van der Waals surface area contributed by atoms with Gasteiger partial charge in [0.2, 0.25) is 0 Å². The van der Waals surface area contributed by atoms with E-state index in [9.17, 15) is 14.7 Å². The number of fused-ring (bicyclic) bond motifs is 1. The number of hydrogen-bond acceptors (Lipinski definition) is 5. The molecule has 2 N–H and O–H groups in total. The van der Waals surface area contributed by atoms with Gasteiger partial charge in [0, 0.05) is 17.1 Å². The molecule has 1 aliphatic rings. The minimum Gasteiger partial charge on any atom is -0.506 e. The van der Waals surface area contributed by atoms with Crippen LogP contribution in [0.15, 0.2) is 35.7 Å². The Morgan fingerprint density at radius 2 is 2.07 bits per heavy atom. The molecule has 28 heavy (non-hydrogen) atoms. The third-order valence-electron chi connectivity index (χ3n) is 4.14. The fourth-order valence-electron chi connectivity index (χ4n) is 2.88. The summed E-state index contributed by atoms with van der Waals surface area (Å²) in [5.41, 5.74) is 0.938. The van der Waals surface area contributed by atoms with Crippen molar-refractivity contribution in [1.29, 1.82) is 0 Å². The number of benzene rings is 1. The lowest BCUT2D eigenvalue weighted by atomic mass is 10.1. The molecule has 150 valence electrons. The quantitative estimate of drug-likeness (QED) is 0.413. The molecule has 0 aliphatic carbocycles. The monoisotopic (exact) mass is 441 g/mol. The van der Waals surface area contributed by atoms with Crippen LogP contribution in [0.5, 0.6) is 0 Å². The third kappa shape index (κ3) is 4.50. The van der Waals surface area contributed by atoms with E-state index in [-0.39, 0.29) is 23.7 Å². The van der Waals surface area contributed by atoms with Crippen molar-refractivity contribution in [3.05, 3.63) is 51.2 Å². The van der Waals surface area contributed by atoms with Gasteiger partial charge >= 0.3 is 6.03 Å². The number of nitrogens with zero attached hydrogens (tertiary/aromatic N) is 2. The van der Waals surface area contributed by atoms with Gasteiger partial charge in [0.1, 0.15) is 5.76 Å². The molecule has 0 saturated carbocycles. The van der Waals surface area contributed by atoms with E-state index in [1.807, 2.05) is 19.0 Å². The molecule has 2 aromatic rings. The molecule has 3 rings (SSSR count). The average Bonchev–Trinajstić information content (AvgIpc) is 3.23. The first-order valence-corrected chi connectivity index (χ1v) is 9.70. The van der Waals surface area contributed by atoms with Crippen LogP contribution in [-0.4, -0.2) is 49.1 Å². The number of urea groups is 1. The van der Waals surface area contributed by atoms with E-state index in [0.717, 1.165) is 17.9 Å². The van der Waals surface area contributed by atoms with Crippen LogP contribution in [0.4, 0.5) is 10.5 Å². The number of aliphatic hydroxyl groups is 1. The molecule has 0 spiro atoms. The van der Waals surface area contributed by atoms with E-state index >= 15 is 0 Å². The van der Waals surface area contributed by atoms with Crippen molar-refractivity contribution in [2.45, 2.75) is 6.42 Å². The predicted octanol–water partition coefficient (Wildman–Crippen LogP) is 4.26. The number of imide groups is 1. The van der Waals surface area contributed by atoms with E-state index in [4.69, 9.17) is 11.6 Å². The van der Waals surface area contributed by atoms with E-state index in [2.05, 4.69) is 5.32 Å². The van der Waals surface area contributed by atoms with Crippen LogP contribution in [0.2, 0.25) is 5.02 Å². The largest absolute Gasteiger partial charge is 0.506 e. The Morgan fingerprint density at radius 1 is 1.32 bits per heavy atom. The topological polar surface area (TPSA) is 72.9 Å². The van der Waals surface area contributed by atoms with Gasteiger partial charge in [-0.05, 0) is 56.7 Å². The van der Waals surface area contributed by atoms with Crippen LogP contribution in [-0.2, 0) is 4.79 Å². The molecule has 3 amide bonds. The number of aliphatic hydroxyl groups excluding tert-OH is 1. The van der Waals surface area contributed by atoms with Crippen LogP contribution in [0.3, 0.4) is 0 Å². The summed E-state index contributed by atoms with van der Waals surface area (Å²) in [5.74, 6) is -0.718. The van der Waals surface area contributed by atoms with Gasteiger partial charge in [-0.3, -0.25) is 4.79 Å². The van der Waals surface area contributed by atoms with E-state index in [0.29, 0.717) is 27.7 Å². The average molecular weight is 442 g/mol. The lowest BCUT2D eigenvalue weighted by molar-refractivity contribution is -0.112. The van der Waals surface area contributed by atoms with Crippen LogP contribution in [0, 0.1) is 0 Å². The minimum absolute atomic E-state index is 0. The molecule has 0 radical (unpaired) electrons. The Labute approximate surface area is 178 Å². The van der Waals surface area contributed by atoms with E-state index < -0.39 is 11.9 Å². The molecule has 1 aromatic heterocycles. The Bertz CT molecular complexity index is 898. The summed E-state index contributed by atoms with van der Waals surface area (Å²) in [4.78, 5) is 29.3. The molecule has 0 atom stereocenters. The van der Waals surface area contributed by atoms with Gasteiger partial charge in [-0.2, -0.15) is 0 Å². The Balaban J connectivity index is 0.00000280. The van der Waals surface area contributed by atoms with Crippen LogP contribution in [0.1, 0.15) is 16.9 Å². The van der Waals surface area contributed by atoms with Gasteiger partial charge in [0.25, 0.3) is 5.91 Å². The second-order valence-corrected chi connectivity index (χ2v) is 7.78. The van der Waals surface area contributed by atoms with Crippen LogP contribution in [0.25, 0.3) is 11.3 Å². The second kappa shape index (κ2) is 9.43. The highest BCUT2D eigenvalue weighted by Gasteiger charge is 2.39. The van der Waals surface area contributed by atoms with Gasteiger partial charge < -0.3 is 15.3 Å². The van der Waals surface area contributed by atoms with Crippen LogP contribution < -0.4 is 10.2 Å². The van der Waals surface area contributed by atoms with E-state index in [1.165, 1.54) is 11.3 Å². The highest BCUT2D eigenvalue weighted by molar-refractivity contribution is 7.11. The number of amides is 3. The van der Waals surface area contributed by atoms with Gasteiger partial charge in [-0.15, -0.1) is 23.7 Å². The van der Waals surface area contributed by atoms with Crippen LogP contribution >= 0.6 is 35.3 Å². The number of carbonyl (C=O) groups is 2. The number of thiophene rings is 1. The number of hydrogen-bond donors (Lipinski definition) is 2. The number of rotatable bonds is 5. The summed E-state index contributed by atoms with van der Waals surface area (Å²) < 4.78 is 0. The van der Waals surface area contributed by atoms with Gasteiger partial charge in [-0.25, -0.2) is 9.69 Å². The lowest BCUT2D eigenvalue weighted by Crippen LogP contribution is -2.42. The first-order chi connectivity index (χ1) is 12.9. The molecule has 0 saturated heterocycles. The molecule has 1 aliphatic heterocycles. The Kier molecular flexibility index (Phi) is 7.48. The molecule has 0 bridgehead atoms. The van der Waals surface area contributed by atoms with Crippen molar-refractivity contribution in [3.8, 4) is 0 Å². The SMILES string of the molecule is CN(C)CCCNC(=O)N1C(=O)/C(=C(/O)c2cccs2)c2cc(Cl)ccc21.Cl. The Hall–Kier alpha value is -2.06. The maximum absolute atomic E-state index is 13.0. The summed E-state index contributed by atoms with van der Waals surface area (Å²) >= 11 is 7.40. The zero-order chi connectivity index (χ0) is 19.6. The van der Waals surface area contributed by atoms with Crippen molar-refractivity contribution in [3.63, 3.8) is 0 Å². The van der Waals surface area contributed by atoms with Crippen molar-refractivity contribution >= 4 is 64.3 Å². The molecule has 9 heteroatoms. The van der Waals surface area contributed by atoms with Crippen molar-refractivity contribution in [1.82, 2.24) is 10.2 Å². The van der Waals surface area contributed by atoms with Gasteiger partial charge in [-0.1, -0.05) is 17.7 Å². The fourth-order valence-corrected chi connectivity index (χ4v) is 3.72. The number of nitrogens with one attached hydrogen (secondary N) is 1. The van der Waals surface area contributed by atoms with Gasteiger partial charge in [0.05, 0.1) is 16.1 Å². The smallest absolute Gasteiger partial charge is 0.329 e. The minimum atomic E-state index is -0.566. The summed E-state index contributed by atoms with van der Waals surface area (Å²) in [5, 5.41) is 15.6. The zero-order valence-electron chi connectivity index (χ0n) is 15.4. The molecule has 0 unspecified atom stereocenters. The van der Waals surface area contributed by atoms with Gasteiger partial charge in [0.15, 0.2) is 0 Å². The third-order valence-corrected chi connectivity index (χ3v) is 5.25. The van der Waals surface area contributed by atoms with Crippen molar-refractivity contribution in [2.75, 3.05) is 32.1 Å². The normalized spacial score (nSPS) is 14.7. The number of carbonyl (C=O) groups excluding carboxylic acids is 2. The first kappa shape index (κ1) is 22.2. The molecule has 0 fully saturated rings. The predicted molar refractivity (Wildman–Crippen MR) is 117 cm³/mol. The molecular formula is C19H21Cl2N3O3S. The summed E-state index contributed by atoms with van der Waals surface area (Å²) in [6.07, 6.45) is 0.761. The summed E-state index contributed by atoms with van der Waals surface area (Å²) in [6.45, 7) is 1.27. The summed E-state index contributed by atoms with van der Waals surface area (Å²) in [6, 6.07) is 7.80. The summed E-state index contributed by atoms with van der Waals surface area (Å²) in [7, 11) is 3.91. The second-order valence-electron chi connectivity index (χ2n) is 6.39. The number of halogens is 2. The molecule has 2 heterocycles. The first-order valence-electron chi connectivity index (χ1n) is 8.44. The number of anilines is 1. The highest BCUT2D eigenvalue weighted by Crippen LogP contribution is 2.42. The van der Waals surface area contributed by atoms with Crippen molar-refractivity contribution in [2.24, 2.45) is 0 Å². The fraction of sp³-hybridized carbons (Fsp3) is 0.263. The van der Waals surface area contributed by atoms with E-state index in [1.54, 1.807) is 35.7 Å². The van der Waals surface area contributed by atoms with Crippen molar-refractivity contribution < 1.29 is 14.7 Å². The maximum atomic E-state index is 13.0. The molecule has 6 nitrogen and oxygen atoms in total. The lowest BCUT2D eigenvalue weighted by Gasteiger charge is -2.17. The zero-order valence-corrected chi connectivity index (χ0v) is 17.8. The standard InChI is InChI=1S/C19H20ClN3O3S.ClH/c1-22(2)9-4-8-21-19(26)23-14-7-6-12(20)11-13(14)16(18(23)25)17(24)15-5-3-10-27-15;/h3,5-7,10-11,24H,4,8-9H2,1-2H3,(H,21,26);1H/b17-16+;. The molecule has 1 aromatic carbocycles. The molecular weight excluding hydrogens is 421 g/mol. The maximum Gasteiger partial charge on any atom is 0.329 e.